The van der Waals surface area contributed by atoms with E-state index >= 15 is 13.2 Å². The van der Waals surface area contributed by atoms with Crippen LogP contribution in [0, 0.1) is 17.8 Å². The summed E-state index contributed by atoms with van der Waals surface area (Å²) in [5, 5.41) is 45.3. The first-order chi connectivity index (χ1) is 22.5. The maximum absolute atomic E-state index is 15.0. The van der Waals surface area contributed by atoms with E-state index in [0.717, 1.165) is 24.5 Å². The molecule has 6 rings (SSSR count). The summed E-state index contributed by atoms with van der Waals surface area (Å²) in [6.45, 7) is 0.928. The smallest absolute Gasteiger partial charge is 0.417 e. The van der Waals surface area contributed by atoms with Crippen molar-refractivity contribution in [2.24, 2.45) is 23.5 Å². The highest BCUT2D eigenvalue weighted by Gasteiger charge is 2.63. The van der Waals surface area contributed by atoms with E-state index in [-0.39, 0.29) is 18.5 Å². The van der Waals surface area contributed by atoms with Crippen LogP contribution in [0.25, 0.3) is 0 Å². The zero-order valence-electron chi connectivity index (χ0n) is 26.5. The molecule has 1 fully saturated rings. The Kier molecular flexibility index (Phi) is 8.45. The average Bonchev–Trinajstić information content (AvgIpc) is 3.81. The Labute approximate surface area is 274 Å². The fourth-order valence-corrected chi connectivity index (χ4v) is 7.94. The third-order valence-corrected chi connectivity index (χ3v) is 10.3. The first kappa shape index (κ1) is 33.7. The number of hydrogen-bond donors (Lipinski definition) is 5. The number of aliphatic hydroxyl groups is 3. The van der Waals surface area contributed by atoms with Crippen LogP contribution in [0.4, 0.5) is 13.2 Å². The molecule has 6 N–H and O–H groups in total. The van der Waals surface area contributed by atoms with Gasteiger partial charge in [0.1, 0.15) is 22.8 Å². The number of phenolic OH excluding ortho intramolecular Hbond substituents is 1. The number of carbonyl (C=O) groups is 3. The van der Waals surface area contributed by atoms with E-state index in [9.17, 15) is 34.8 Å². The summed E-state index contributed by atoms with van der Waals surface area (Å²) < 4.78 is 45.1. The number of Topliss-reactive ketones (excluding diaryl/α,β-unsaturated/α-hetero) is 2. The van der Waals surface area contributed by atoms with Gasteiger partial charge in [0, 0.05) is 31.1 Å². The number of carbonyl (C=O) groups excluding carboxylic acids is 3. The van der Waals surface area contributed by atoms with Crippen LogP contribution in [-0.2, 0) is 35.2 Å². The summed E-state index contributed by atoms with van der Waals surface area (Å²) in [5.41, 5.74) is -0.277. The normalized spacial score (nSPS) is 25.8. The summed E-state index contributed by atoms with van der Waals surface area (Å²) >= 11 is 0. The molecule has 0 saturated heterocycles. The van der Waals surface area contributed by atoms with Crippen molar-refractivity contribution in [3.05, 3.63) is 86.9 Å². The molecule has 48 heavy (non-hydrogen) atoms. The molecule has 4 atom stereocenters. The van der Waals surface area contributed by atoms with Gasteiger partial charge in [-0.15, -0.1) is 0 Å². The van der Waals surface area contributed by atoms with Crippen molar-refractivity contribution in [3.8, 4) is 5.75 Å². The van der Waals surface area contributed by atoms with Gasteiger partial charge < -0.3 is 26.2 Å². The third-order valence-electron chi connectivity index (χ3n) is 10.3. The summed E-state index contributed by atoms with van der Waals surface area (Å²) in [6.07, 6.45) is -3.10. The molecular weight excluding hydrogens is 631 g/mol. The number of halogens is 3. The number of benzene rings is 2. The van der Waals surface area contributed by atoms with Crippen LogP contribution in [-0.4, -0.2) is 86.5 Å². The second-order valence-electron chi connectivity index (χ2n) is 13.7. The van der Waals surface area contributed by atoms with Crippen molar-refractivity contribution in [1.29, 1.82) is 0 Å². The molecule has 0 heterocycles. The molecule has 256 valence electrons. The molecule has 2 aromatic rings. The third kappa shape index (κ3) is 5.57. The minimum absolute atomic E-state index is 0.125. The number of primary amides is 1. The van der Waals surface area contributed by atoms with Gasteiger partial charge in [-0.05, 0) is 80.8 Å². The zero-order chi connectivity index (χ0) is 34.9. The number of aromatic hydroxyl groups is 1. The van der Waals surface area contributed by atoms with Crippen molar-refractivity contribution in [2.75, 3.05) is 27.2 Å². The number of nitrogens with zero attached hydrogens (tertiary/aromatic N) is 2. The number of aliphatic hydroxyl groups excluding tert-OH is 2. The van der Waals surface area contributed by atoms with Gasteiger partial charge in [-0.3, -0.25) is 24.2 Å². The highest BCUT2D eigenvalue weighted by atomic mass is 19.4. The lowest BCUT2D eigenvalue weighted by atomic mass is 9.58. The van der Waals surface area contributed by atoms with Crippen molar-refractivity contribution in [3.63, 3.8) is 0 Å². The Morgan fingerprint density at radius 3 is 2.33 bits per heavy atom. The van der Waals surface area contributed by atoms with Crippen LogP contribution in [0.1, 0.15) is 51.9 Å². The van der Waals surface area contributed by atoms with Gasteiger partial charge in [0.05, 0.1) is 17.2 Å². The number of allylic oxidation sites excluding steroid dienone is 1. The number of hydrogen-bond acceptors (Lipinski definition) is 9. The Morgan fingerprint density at radius 2 is 1.75 bits per heavy atom. The number of amides is 1. The predicted octanol–water partition coefficient (Wildman–Crippen LogP) is 3.59. The molecule has 0 aliphatic heterocycles. The summed E-state index contributed by atoms with van der Waals surface area (Å²) in [5.74, 6) is -8.64. The van der Waals surface area contributed by atoms with Crippen molar-refractivity contribution >= 4 is 17.5 Å². The molecule has 4 aliphatic carbocycles. The molecular formula is C35H38F3N3O7. The maximum atomic E-state index is 15.0. The second-order valence-corrected chi connectivity index (χ2v) is 13.7. The van der Waals surface area contributed by atoms with E-state index in [1.807, 2.05) is 35.2 Å². The summed E-state index contributed by atoms with van der Waals surface area (Å²) in [4.78, 5) is 43.0. The molecule has 0 radical (unpaired) electrons. The van der Waals surface area contributed by atoms with E-state index in [0.29, 0.717) is 25.4 Å². The number of alkyl halides is 3. The predicted molar refractivity (Wildman–Crippen MR) is 167 cm³/mol. The monoisotopic (exact) mass is 669 g/mol. The van der Waals surface area contributed by atoms with E-state index in [1.165, 1.54) is 19.0 Å². The SMILES string of the molecule is CN(C)[C@@H]1C(O)=C(C(N)=O)C(=O)[C@@]2(O)C(O)=C3C(=O)c4c(O)cc(CN(CCc5ccccc5)CC5CC5)c(C(F)(F)F)c4C[C@H]3C[C@@H]12. The zero-order valence-corrected chi connectivity index (χ0v) is 26.5. The van der Waals surface area contributed by atoms with Crippen LogP contribution in [0.15, 0.2) is 59.1 Å². The standard InChI is InChI=1S/C35H38F3N3O7/c1-40(2)28-22-13-19-12-21-25(29(43)24(19)31(45)34(22,48)32(46)26(30(28)44)33(39)47)23(42)14-20(27(21)35(36,37)38)16-41(15-18-8-9-18)11-10-17-6-4-3-5-7-17/h3-7,14,18-19,22,28,42,44-45,48H,8-13,15-16H2,1-2H3,(H2,39,47)/t19-,22-,28-,34-/m0/s1. The van der Waals surface area contributed by atoms with Gasteiger partial charge >= 0.3 is 6.18 Å². The molecule has 4 aliphatic rings. The van der Waals surface area contributed by atoms with E-state index in [2.05, 4.69) is 0 Å². The number of likely N-dealkylation sites (N-methyl/N-ethyl adjacent to an activating group) is 1. The van der Waals surface area contributed by atoms with Crippen molar-refractivity contribution in [2.45, 2.75) is 56.5 Å². The van der Waals surface area contributed by atoms with Gasteiger partial charge in [0.2, 0.25) is 5.78 Å². The van der Waals surface area contributed by atoms with E-state index in [1.54, 1.807) is 0 Å². The lowest BCUT2D eigenvalue weighted by molar-refractivity contribution is -0.148. The molecule has 1 saturated carbocycles. The van der Waals surface area contributed by atoms with Crippen LogP contribution < -0.4 is 5.73 Å². The molecule has 0 spiro atoms. The number of ketones is 2. The number of nitrogens with two attached hydrogens (primary N) is 1. The highest BCUT2D eigenvalue weighted by molar-refractivity contribution is 6.24. The van der Waals surface area contributed by atoms with Crippen LogP contribution in [0.3, 0.4) is 0 Å². The fraction of sp³-hybridized carbons (Fsp3) is 0.457. The molecule has 0 unspecified atom stereocenters. The number of fused-ring (bicyclic) bond motifs is 3. The van der Waals surface area contributed by atoms with Gasteiger partial charge in [-0.1, -0.05) is 30.3 Å². The molecule has 1 amide bonds. The highest BCUT2D eigenvalue weighted by Crippen LogP contribution is 2.54. The van der Waals surface area contributed by atoms with Gasteiger partial charge in [0.15, 0.2) is 11.4 Å². The molecule has 0 aromatic heterocycles. The number of phenols is 1. The largest absolute Gasteiger partial charge is 0.510 e. The van der Waals surface area contributed by atoms with E-state index < -0.39 is 98.7 Å². The first-order valence-corrected chi connectivity index (χ1v) is 15.9. The molecule has 10 nitrogen and oxygen atoms in total. The summed E-state index contributed by atoms with van der Waals surface area (Å²) in [6, 6.07) is 9.26. The number of rotatable bonds is 9. The minimum Gasteiger partial charge on any atom is -0.510 e. The lowest BCUT2D eigenvalue weighted by Crippen LogP contribution is -2.63. The first-order valence-electron chi connectivity index (χ1n) is 15.9. The maximum Gasteiger partial charge on any atom is 0.417 e. The van der Waals surface area contributed by atoms with Crippen molar-refractivity contribution < 1.29 is 48.0 Å². The van der Waals surface area contributed by atoms with Gasteiger partial charge in [0.25, 0.3) is 5.91 Å². The average molecular weight is 670 g/mol. The Morgan fingerprint density at radius 1 is 1.08 bits per heavy atom. The van der Waals surface area contributed by atoms with Gasteiger partial charge in [-0.2, -0.15) is 13.2 Å². The topological polar surface area (TPSA) is 165 Å². The Bertz CT molecular complexity index is 1750. The Balaban J connectivity index is 1.44. The minimum atomic E-state index is -4.92. The summed E-state index contributed by atoms with van der Waals surface area (Å²) in [7, 11) is 2.95. The fourth-order valence-electron chi connectivity index (χ4n) is 7.94. The van der Waals surface area contributed by atoms with Gasteiger partial charge in [-0.25, -0.2) is 0 Å². The lowest BCUT2D eigenvalue weighted by Gasteiger charge is -2.50. The molecule has 0 bridgehead atoms. The second kappa shape index (κ2) is 12.0. The van der Waals surface area contributed by atoms with Crippen LogP contribution in [0.2, 0.25) is 0 Å². The van der Waals surface area contributed by atoms with Crippen LogP contribution >= 0.6 is 0 Å². The molecule has 13 heteroatoms. The molecule has 2 aromatic carbocycles. The van der Waals surface area contributed by atoms with Crippen molar-refractivity contribution in [1.82, 2.24) is 9.80 Å². The quantitative estimate of drug-likeness (QED) is 0.251. The van der Waals surface area contributed by atoms with E-state index in [4.69, 9.17) is 5.73 Å². The Hall–Kier alpha value is -4.20. The van der Waals surface area contributed by atoms with Crippen LogP contribution in [0.5, 0.6) is 5.75 Å².